The van der Waals surface area contributed by atoms with Gasteiger partial charge in [0.15, 0.2) is 5.82 Å². The number of hydrogen-bond acceptors (Lipinski definition) is 4. The first-order chi connectivity index (χ1) is 13.4. The molecule has 3 N–H and O–H groups in total. The molecule has 0 saturated heterocycles. The van der Waals surface area contributed by atoms with Crippen LogP contribution >= 0.6 is 0 Å². The lowest BCUT2D eigenvalue weighted by Gasteiger charge is -2.09. The van der Waals surface area contributed by atoms with E-state index in [9.17, 15) is 17.6 Å². The molecule has 0 saturated carbocycles. The number of aromatic amines is 1. The van der Waals surface area contributed by atoms with Crippen LogP contribution in [-0.4, -0.2) is 24.5 Å². The van der Waals surface area contributed by atoms with Crippen molar-refractivity contribution >= 4 is 27.4 Å². The van der Waals surface area contributed by atoms with Gasteiger partial charge in [-0.3, -0.25) is 14.6 Å². The number of carbonyl (C=O) groups is 1. The van der Waals surface area contributed by atoms with Gasteiger partial charge < -0.3 is 5.32 Å². The van der Waals surface area contributed by atoms with Crippen LogP contribution in [0, 0.1) is 5.82 Å². The molecule has 0 radical (unpaired) electrons. The molecule has 1 amide bonds. The highest BCUT2D eigenvalue weighted by atomic mass is 32.2. The summed E-state index contributed by atoms with van der Waals surface area (Å²) in [5, 5.41) is 9.52. The number of hydrogen-bond donors (Lipinski definition) is 3. The Morgan fingerprint density at radius 2 is 1.79 bits per heavy atom. The summed E-state index contributed by atoms with van der Waals surface area (Å²) < 4.78 is 40.1. The number of benzene rings is 2. The van der Waals surface area contributed by atoms with Gasteiger partial charge in [0, 0.05) is 23.0 Å². The molecule has 0 aliphatic heterocycles. The Kier molecular flexibility index (Phi) is 5.74. The van der Waals surface area contributed by atoms with Gasteiger partial charge in [0.1, 0.15) is 5.82 Å². The fourth-order valence-corrected chi connectivity index (χ4v) is 3.59. The zero-order chi connectivity index (χ0) is 20.1. The molecule has 28 heavy (non-hydrogen) atoms. The monoisotopic (exact) mass is 402 g/mol. The summed E-state index contributed by atoms with van der Waals surface area (Å²) in [5.74, 6) is -0.454. The fraction of sp³-hybridized carbons (Fsp3) is 0.158. The zero-order valence-electron chi connectivity index (χ0n) is 15.1. The summed E-state index contributed by atoms with van der Waals surface area (Å²) >= 11 is 0. The summed E-state index contributed by atoms with van der Waals surface area (Å²) in [6.07, 6.45) is 1.79. The van der Waals surface area contributed by atoms with E-state index >= 15 is 0 Å². The highest BCUT2D eigenvalue weighted by molar-refractivity contribution is 7.92. The molecule has 0 fully saturated rings. The quantitative estimate of drug-likeness (QED) is 0.562. The van der Waals surface area contributed by atoms with Gasteiger partial charge in [-0.15, -0.1) is 0 Å². The number of nitrogens with one attached hydrogen (secondary N) is 3. The van der Waals surface area contributed by atoms with Gasteiger partial charge in [0.2, 0.25) is 0 Å². The second kappa shape index (κ2) is 8.22. The summed E-state index contributed by atoms with van der Waals surface area (Å²) in [7, 11) is -3.85. The molecule has 0 bridgehead atoms. The number of sulfonamides is 1. The molecule has 0 unspecified atom stereocenters. The normalized spacial score (nSPS) is 11.2. The first-order valence-corrected chi connectivity index (χ1v) is 10.1. The number of rotatable bonds is 7. The first kappa shape index (κ1) is 19.6. The average Bonchev–Trinajstić information content (AvgIpc) is 3.11. The van der Waals surface area contributed by atoms with Crippen molar-refractivity contribution in [3.8, 4) is 0 Å². The van der Waals surface area contributed by atoms with E-state index in [2.05, 4.69) is 20.2 Å². The molecule has 9 heteroatoms. The summed E-state index contributed by atoms with van der Waals surface area (Å²) in [5.41, 5.74) is 1.46. The van der Waals surface area contributed by atoms with Crippen molar-refractivity contribution in [3.05, 3.63) is 71.7 Å². The first-order valence-electron chi connectivity index (χ1n) is 8.61. The van der Waals surface area contributed by atoms with Gasteiger partial charge in [-0.1, -0.05) is 13.3 Å². The maximum absolute atomic E-state index is 12.9. The van der Waals surface area contributed by atoms with Crippen molar-refractivity contribution in [1.82, 2.24) is 10.2 Å². The van der Waals surface area contributed by atoms with E-state index < -0.39 is 21.7 Å². The van der Waals surface area contributed by atoms with Crippen LogP contribution in [0.3, 0.4) is 0 Å². The number of H-pyrrole nitrogens is 1. The molecule has 1 aromatic heterocycles. The minimum Gasteiger partial charge on any atom is -0.305 e. The van der Waals surface area contributed by atoms with Gasteiger partial charge in [-0.25, -0.2) is 12.8 Å². The molecule has 0 atom stereocenters. The summed E-state index contributed by atoms with van der Waals surface area (Å²) in [6.45, 7) is 2.04. The molecule has 0 spiro atoms. The number of aromatic nitrogens is 2. The SMILES string of the molecule is CCCc1cc(NC(=O)c2ccc(S(=O)(=O)Nc3ccc(F)cc3)cc2)n[nH]1. The van der Waals surface area contributed by atoms with E-state index in [0.717, 1.165) is 30.7 Å². The predicted molar refractivity (Wildman–Crippen MR) is 104 cm³/mol. The number of carbonyl (C=O) groups excluding carboxylic acids is 1. The van der Waals surface area contributed by atoms with E-state index in [4.69, 9.17) is 0 Å². The lowest BCUT2D eigenvalue weighted by atomic mass is 10.2. The molecule has 0 aliphatic rings. The Morgan fingerprint density at radius 3 is 2.43 bits per heavy atom. The smallest absolute Gasteiger partial charge is 0.261 e. The molecule has 146 valence electrons. The Morgan fingerprint density at radius 1 is 1.11 bits per heavy atom. The van der Waals surface area contributed by atoms with Crippen molar-refractivity contribution in [2.24, 2.45) is 0 Å². The van der Waals surface area contributed by atoms with E-state index in [1.165, 1.54) is 36.4 Å². The lowest BCUT2D eigenvalue weighted by Crippen LogP contribution is -2.15. The van der Waals surface area contributed by atoms with Crippen molar-refractivity contribution in [2.75, 3.05) is 10.0 Å². The number of halogens is 1. The van der Waals surface area contributed by atoms with E-state index in [0.29, 0.717) is 11.4 Å². The average molecular weight is 402 g/mol. The summed E-state index contributed by atoms with van der Waals surface area (Å²) in [4.78, 5) is 12.3. The number of aryl methyl sites for hydroxylation is 1. The number of anilines is 2. The third-order valence-electron chi connectivity index (χ3n) is 3.92. The van der Waals surface area contributed by atoms with Crippen molar-refractivity contribution < 1.29 is 17.6 Å². The molecule has 2 aromatic carbocycles. The van der Waals surface area contributed by atoms with Crippen LogP contribution in [0.2, 0.25) is 0 Å². The Bertz CT molecular complexity index is 1060. The third kappa shape index (κ3) is 4.74. The minimum absolute atomic E-state index is 0.0154. The van der Waals surface area contributed by atoms with Gasteiger partial charge in [-0.2, -0.15) is 5.10 Å². The van der Waals surface area contributed by atoms with Crippen LogP contribution < -0.4 is 10.0 Å². The van der Waals surface area contributed by atoms with Gasteiger partial charge >= 0.3 is 0 Å². The Hall–Kier alpha value is -3.20. The topological polar surface area (TPSA) is 104 Å². The number of amides is 1. The largest absolute Gasteiger partial charge is 0.305 e. The second-order valence-electron chi connectivity index (χ2n) is 6.12. The van der Waals surface area contributed by atoms with Crippen LogP contribution in [0.25, 0.3) is 0 Å². The summed E-state index contributed by atoms with van der Waals surface area (Å²) in [6, 6.07) is 12.2. The van der Waals surface area contributed by atoms with Crippen molar-refractivity contribution in [3.63, 3.8) is 0 Å². The highest BCUT2D eigenvalue weighted by Crippen LogP contribution is 2.18. The Balaban J connectivity index is 1.69. The maximum Gasteiger partial charge on any atom is 0.261 e. The van der Waals surface area contributed by atoms with Crippen LogP contribution in [0.5, 0.6) is 0 Å². The minimum atomic E-state index is -3.85. The van der Waals surface area contributed by atoms with Crippen LogP contribution in [0.15, 0.2) is 59.5 Å². The lowest BCUT2D eigenvalue weighted by molar-refractivity contribution is 0.102. The number of nitrogens with zero attached hydrogens (tertiary/aromatic N) is 1. The molecule has 1 heterocycles. The zero-order valence-corrected chi connectivity index (χ0v) is 15.9. The van der Waals surface area contributed by atoms with Crippen LogP contribution in [-0.2, 0) is 16.4 Å². The molecular weight excluding hydrogens is 383 g/mol. The maximum atomic E-state index is 12.9. The van der Waals surface area contributed by atoms with Crippen LogP contribution in [0.4, 0.5) is 15.9 Å². The fourth-order valence-electron chi connectivity index (χ4n) is 2.53. The van der Waals surface area contributed by atoms with Crippen molar-refractivity contribution in [2.45, 2.75) is 24.7 Å². The van der Waals surface area contributed by atoms with E-state index in [-0.39, 0.29) is 10.6 Å². The molecule has 3 rings (SSSR count). The Labute approximate surface area is 162 Å². The molecular formula is C19H19FN4O3S. The van der Waals surface area contributed by atoms with Crippen molar-refractivity contribution in [1.29, 1.82) is 0 Å². The standard InChI is InChI=1S/C19H19FN4O3S/c1-2-3-16-12-18(23-22-16)21-19(25)13-4-10-17(11-5-13)28(26,27)24-15-8-6-14(20)7-9-15/h4-12,24H,2-3H2,1H3,(H2,21,22,23,25). The van der Waals surface area contributed by atoms with Gasteiger partial charge in [-0.05, 0) is 55.0 Å². The third-order valence-corrected chi connectivity index (χ3v) is 5.31. The van der Waals surface area contributed by atoms with Gasteiger partial charge in [0.05, 0.1) is 4.90 Å². The molecule has 0 aliphatic carbocycles. The highest BCUT2D eigenvalue weighted by Gasteiger charge is 2.16. The molecule has 7 nitrogen and oxygen atoms in total. The van der Waals surface area contributed by atoms with E-state index in [1.54, 1.807) is 6.07 Å². The van der Waals surface area contributed by atoms with Gasteiger partial charge in [0.25, 0.3) is 15.9 Å². The molecule has 3 aromatic rings. The second-order valence-corrected chi connectivity index (χ2v) is 7.80. The predicted octanol–water partition coefficient (Wildman–Crippen LogP) is 3.55. The van der Waals surface area contributed by atoms with Crippen LogP contribution in [0.1, 0.15) is 29.4 Å². The van der Waals surface area contributed by atoms with E-state index in [1.807, 2.05) is 6.92 Å².